The van der Waals surface area contributed by atoms with E-state index in [0.717, 1.165) is 5.56 Å². The molecule has 0 saturated carbocycles. The van der Waals surface area contributed by atoms with Crippen molar-refractivity contribution in [3.63, 3.8) is 0 Å². The van der Waals surface area contributed by atoms with Gasteiger partial charge in [-0.15, -0.1) is 0 Å². The fourth-order valence-electron chi connectivity index (χ4n) is 2.47. The van der Waals surface area contributed by atoms with Crippen molar-refractivity contribution in [1.29, 1.82) is 0 Å². The molecule has 1 heterocycles. The number of sulfonamides is 1. The van der Waals surface area contributed by atoms with Gasteiger partial charge in [-0.05, 0) is 31.2 Å². The lowest BCUT2D eigenvalue weighted by Crippen LogP contribution is -2.28. The molecule has 2 aromatic carbocycles. The smallest absolute Gasteiger partial charge is 0.251 e. The molecule has 0 spiro atoms. The Hall–Kier alpha value is -3.20. The number of nitrogens with one attached hydrogen (secondary N) is 1. The Morgan fingerprint density at radius 1 is 1.11 bits per heavy atom. The SMILES string of the molecule is CCS(=O)(=O)N(C)c1ccc(C(=O)NCc2nc(-c3ccccc3)no2)cc1. The normalized spacial score (nSPS) is 11.2. The first-order valence-electron chi connectivity index (χ1n) is 8.63. The van der Waals surface area contributed by atoms with Crippen LogP contribution in [0.25, 0.3) is 11.4 Å². The van der Waals surface area contributed by atoms with E-state index in [9.17, 15) is 13.2 Å². The summed E-state index contributed by atoms with van der Waals surface area (Å²) in [6, 6.07) is 15.7. The summed E-state index contributed by atoms with van der Waals surface area (Å²) in [6.07, 6.45) is 0. The third kappa shape index (κ3) is 4.37. The van der Waals surface area contributed by atoms with Crippen molar-refractivity contribution in [3.05, 3.63) is 66.1 Å². The van der Waals surface area contributed by atoms with Crippen LogP contribution in [0.4, 0.5) is 5.69 Å². The minimum atomic E-state index is -3.35. The van der Waals surface area contributed by atoms with Crippen molar-refractivity contribution in [2.75, 3.05) is 17.1 Å². The standard InChI is InChI=1S/C19H20N4O4S/c1-3-28(25,26)23(2)16-11-9-15(10-12-16)19(24)20-13-17-21-18(22-27-17)14-7-5-4-6-8-14/h4-12H,3,13H2,1-2H3,(H,20,24). The zero-order valence-electron chi connectivity index (χ0n) is 15.5. The second kappa shape index (κ2) is 8.22. The van der Waals surface area contributed by atoms with E-state index in [1.54, 1.807) is 31.2 Å². The topological polar surface area (TPSA) is 105 Å². The molecule has 3 rings (SSSR count). The molecular formula is C19H20N4O4S. The van der Waals surface area contributed by atoms with Crippen LogP contribution in [0.2, 0.25) is 0 Å². The summed E-state index contributed by atoms with van der Waals surface area (Å²) < 4.78 is 30.2. The lowest BCUT2D eigenvalue weighted by molar-refractivity contribution is 0.0946. The van der Waals surface area contributed by atoms with E-state index >= 15 is 0 Å². The molecule has 0 aliphatic heterocycles. The summed E-state index contributed by atoms with van der Waals surface area (Å²) in [7, 11) is -1.87. The molecule has 0 aliphatic carbocycles. The van der Waals surface area contributed by atoms with E-state index < -0.39 is 10.0 Å². The predicted molar refractivity (Wildman–Crippen MR) is 105 cm³/mol. The fourth-order valence-corrected chi connectivity index (χ4v) is 3.30. The maximum absolute atomic E-state index is 12.3. The number of aromatic nitrogens is 2. The fraction of sp³-hybridized carbons (Fsp3) is 0.211. The Kier molecular flexibility index (Phi) is 5.74. The van der Waals surface area contributed by atoms with Crippen LogP contribution in [0.3, 0.4) is 0 Å². The molecular weight excluding hydrogens is 380 g/mol. The number of rotatable bonds is 7. The van der Waals surface area contributed by atoms with Crippen molar-refractivity contribution in [1.82, 2.24) is 15.5 Å². The molecule has 0 radical (unpaired) electrons. The molecule has 8 nitrogen and oxygen atoms in total. The molecule has 0 unspecified atom stereocenters. The van der Waals surface area contributed by atoms with Crippen molar-refractivity contribution in [3.8, 4) is 11.4 Å². The number of nitrogens with zero attached hydrogens (tertiary/aromatic N) is 3. The quantitative estimate of drug-likeness (QED) is 0.653. The third-order valence-corrected chi connectivity index (χ3v) is 5.95. The second-order valence-corrected chi connectivity index (χ2v) is 8.26. The van der Waals surface area contributed by atoms with Crippen LogP contribution in [0.1, 0.15) is 23.2 Å². The Balaban J connectivity index is 1.62. The van der Waals surface area contributed by atoms with Gasteiger partial charge in [-0.1, -0.05) is 35.5 Å². The number of hydrogen-bond acceptors (Lipinski definition) is 6. The van der Waals surface area contributed by atoms with E-state index in [-0.39, 0.29) is 24.1 Å². The molecule has 9 heteroatoms. The number of anilines is 1. The lowest BCUT2D eigenvalue weighted by atomic mass is 10.2. The monoisotopic (exact) mass is 400 g/mol. The number of benzene rings is 2. The summed E-state index contributed by atoms with van der Waals surface area (Å²) in [5.74, 6) is 0.417. The second-order valence-electron chi connectivity index (χ2n) is 5.98. The van der Waals surface area contributed by atoms with E-state index in [2.05, 4.69) is 15.5 Å². The Morgan fingerprint density at radius 2 is 1.79 bits per heavy atom. The van der Waals surface area contributed by atoms with Gasteiger partial charge in [0.2, 0.25) is 21.7 Å². The Labute approximate surface area is 163 Å². The molecule has 146 valence electrons. The van der Waals surface area contributed by atoms with E-state index in [1.807, 2.05) is 30.3 Å². The highest BCUT2D eigenvalue weighted by Gasteiger charge is 2.16. The van der Waals surface area contributed by atoms with Gasteiger partial charge in [-0.3, -0.25) is 9.10 Å². The van der Waals surface area contributed by atoms with Crippen molar-refractivity contribution in [2.24, 2.45) is 0 Å². The molecule has 28 heavy (non-hydrogen) atoms. The predicted octanol–water partition coefficient (Wildman–Crippen LogP) is 2.45. The molecule has 0 aliphatic rings. The van der Waals surface area contributed by atoms with Crippen LogP contribution in [0.5, 0.6) is 0 Å². The van der Waals surface area contributed by atoms with E-state index in [1.165, 1.54) is 11.4 Å². The van der Waals surface area contributed by atoms with Gasteiger partial charge in [0.1, 0.15) is 0 Å². The van der Waals surface area contributed by atoms with Crippen LogP contribution < -0.4 is 9.62 Å². The summed E-state index contributed by atoms with van der Waals surface area (Å²) >= 11 is 0. The molecule has 1 N–H and O–H groups in total. The van der Waals surface area contributed by atoms with Crippen molar-refractivity contribution < 1.29 is 17.7 Å². The number of amides is 1. The zero-order valence-corrected chi connectivity index (χ0v) is 16.3. The van der Waals surface area contributed by atoms with Crippen LogP contribution in [0.15, 0.2) is 59.1 Å². The van der Waals surface area contributed by atoms with Gasteiger partial charge in [0.05, 0.1) is 18.0 Å². The highest BCUT2D eigenvalue weighted by atomic mass is 32.2. The average molecular weight is 400 g/mol. The highest BCUT2D eigenvalue weighted by molar-refractivity contribution is 7.92. The average Bonchev–Trinajstić information content (AvgIpc) is 3.21. The van der Waals surface area contributed by atoms with Gasteiger partial charge in [0.15, 0.2) is 0 Å². The molecule has 1 amide bonds. The Bertz CT molecular complexity index is 1050. The summed E-state index contributed by atoms with van der Waals surface area (Å²) in [5, 5.41) is 6.60. The van der Waals surface area contributed by atoms with Crippen molar-refractivity contribution in [2.45, 2.75) is 13.5 Å². The van der Waals surface area contributed by atoms with E-state index in [4.69, 9.17) is 4.52 Å². The molecule has 0 atom stereocenters. The van der Waals surface area contributed by atoms with Crippen molar-refractivity contribution >= 4 is 21.6 Å². The van der Waals surface area contributed by atoms with Gasteiger partial charge in [-0.25, -0.2) is 8.42 Å². The largest absolute Gasteiger partial charge is 0.343 e. The zero-order chi connectivity index (χ0) is 20.1. The summed E-state index contributed by atoms with van der Waals surface area (Å²) in [5.41, 5.74) is 1.71. The van der Waals surface area contributed by atoms with Crippen LogP contribution >= 0.6 is 0 Å². The Morgan fingerprint density at radius 3 is 2.43 bits per heavy atom. The summed E-state index contributed by atoms with van der Waals surface area (Å²) in [6.45, 7) is 1.67. The first-order valence-corrected chi connectivity index (χ1v) is 10.2. The molecule has 3 aromatic rings. The lowest BCUT2D eigenvalue weighted by Gasteiger charge is -2.18. The first-order chi connectivity index (χ1) is 13.4. The maximum atomic E-state index is 12.3. The van der Waals surface area contributed by atoms with Crippen LogP contribution in [0, 0.1) is 0 Å². The number of carbonyl (C=O) groups excluding carboxylic acids is 1. The van der Waals surface area contributed by atoms with Gasteiger partial charge < -0.3 is 9.84 Å². The number of carbonyl (C=O) groups is 1. The molecule has 0 bridgehead atoms. The molecule has 1 aromatic heterocycles. The van der Waals surface area contributed by atoms with Gasteiger partial charge in [-0.2, -0.15) is 4.98 Å². The van der Waals surface area contributed by atoms with Gasteiger partial charge >= 0.3 is 0 Å². The minimum Gasteiger partial charge on any atom is -0.343 e. The maximum Gasteiger partial charge on any atom is 0.251 e. The van der Waals surface area contributed by atoms with E-state index in [0.29, 0.717) is 17.1 Å². The van der Waals surface area contributed by atoms with Gasteiger partial charge in [0.25, 0.3) is 5.91 Å². The third-order valence-electron chi connectivity index (χ3n) is 4.18. The van der Waals surface area contributed by atoms with Crippen LogP contribution in [-0.2, 0) is 16.6 Å². The number of hydrogen-bond donors (Lipinski definition) is 1. The summed E-state index contributed by atoms with van der Waals surface area (Å²) in [4.78, 5) is 16.6. The van der Waals surface area contributed by atoms with Crippen LogP contribution in [-0.4, -0.2) is 37.3 Å². The minimum absolute atomic E-state index is 0.000883. The highest BCUT2D eigenvalue weighted by Crippen LogP contribution is 2.18. The molecule has 0 saturated heterocycles. The van der Waals surface area contributed by atoms with Gasteiger partial charge in [0, 0.05) is 18.2 Å². The molecule has 0 fully saturated rings. The first kappa shape index (κ1) is 19.6.